The Morgan fingerprint density at radius 3 is 2.29 bits per heavy atom. The molecule has 0 bridgehead atoms. The Labute approximate surface area is 178 Å². The van der Waals surface area contributed by atoms with Gasteiger partial charge >= 0.3 is 11.9 Å². The zero-order valence-corrected chi connectivity index (χ0v) is 17.5. The first-order valence-corrected chi connectivity index (χ1v) is 11.3. The first kappa shape index (κ1) is 22.7. The van der Waals surface area contributed by atoms with E-state index in [4.69, 9.17) is 9.47 Å². The van der Waals surface area contributed by atoms with Crippen molar-refractivity contribution < 1.29 is 42.2 Å². The fourth-order valence-electron chi connectivity index (χ4n) is 3.38. The molecule has 2 amide bonds. The van der Waals surface area contributed by atoms with Crippen LogP contribution >= 0.6 is 0 Å². The molecule has 0 saturated carbocycles. The first-order valence-electron chi connectivity index (χ1n) is 9.52. The number of hydrogen-bond acceptors (Lipinski definition) is 8. The highest BCUT2D eigenvalue weighted by Crippen LogP contribution is 2.23. The maximum Gasteiger partial charge on any atom is 0.348 e. The standard InChI is InChI=1S/C19H22N2O9S/c1-12(22)30-16(19(25)26)15-18(24)21(6-9-29-15)14-4-2-13(3-5-14)17(23)20-7-10-31(27,28)11-8-20/h2-5,15-16H,6-11H2,1H3,(H,25,26)/t15-,16-/m1/s1. The summed E-state index contributed by atoms with van der Waals surface area (Å²) in [6.07, 6.45) is -3.27. The Morgan fingerprint density at radius 1 is 1.13 bits per heavy atom. The van der Waals surface area contributed by atoms with Crippen molar-refractivity contribution in [2.24, 2.45) is 0 Å². The van der Waals surface area contributed by atoms with Crippen LogP contribution in [0.25, 0.3) is 0 Å². The van der Waals surface area contributed by atoms with Gasteiger partial charge in [-0.25, -0.2) is 13.2 Å². The number of esters is 1. The molecule has 0 spiro atoms. The number of sulfone groups is 1. The van der Waals surface area contributed by atoms with Crippen molar-refractivity contribution in [1.29, 1.82) is 0 Å². The number of rotatable bonds is 5. The van der Waals surface area contributed by atoms with Crippen LogP contribution in [0.15, 0.2) is 24.3 Å². The van der Waals surface area contributed by atoms with Crippen molar-refractivity contribution >= 4 is 39.3 Å². The van der Waals surface area contributed by atoms with Gasteiger partial charge in [-0.05, 0) is 24.3 Å². The Bertz CT molecular complexity index is 976. The summed E-state index contributed by atoms with van der Waals surface area (Å²) >= 11 is 0. The van der Waals surface area contributed by atoms with Crippen LogP contribution in [0.4, 0.5) is 5.69 Å². The molecule has 168 valence electrons. The lowest BCUT2D eigenvalue weighted by Gasteiger charge is -2.34. The van der Waals surface area contributed by atoms with Crippen molar-refractivity contribution in [3.8, 4) is 0 Å². The minimum absolute atomic E-state index is 0.0321. The van der Waals surface area contributed by atoms with E-state index in [1.165, 1.54) is 34.1 Å². The second-order valence-corrected chi connectivity index (χ2v) is 9.44. The second-order valence-electron chi connectivity index (χ2n) is 7.14. The molecule has 11 nitrogen and oxygen atoms in total. The van der Waals surface area contributed by atoms with Gasteiger partial charge in [0.15, 0.2) is 15.9 Å². The molecular formula is C19H22N2O9S. The average Bonchev–Trinajstić information content (AvgIpc) is 2.72. The monoisotopic (exact) mass is 454 g/mol. The molecule has 31 heavy (non-hydrogen) atoms. The lowest BCUT2D eigenvalue weighted by atomic mass is 10.1. The molecule has 0 radical (unpaired) electrons. The number of benzene rings is 1. The molecule has 0 aliphatic carbocycles. The number of carboxylic acids is 1. The highest BCUT2D eigenvalue weighted by atomic mass is 32.2. The summed E-state index contributed by atoms with van der Waals surface area (Å²) in [6, 6.07) is 6.10. The third kappa shape index (κ3) is 5.20. The van der Waals surface area contributed by atoms with Crippen LogP contribution in [0, 0.1) is 0 Å². The van der Waals surface area contributed by atoms with E-state index in [1.54, 1.807) is 0 Å². The summed E-state index contributed by atoms with van der Waals surface area (Å²) in [6.45, 7) is 1.47. The van der Waals surface area contributed by atoms with Crippen LogP contribution in [-0.2, 0) is 33.7 Å². The number of amides is 2. The van der Waals surface area contributed by atoms with Gasteiger partial charge < -0.3 is 24.4 Å². The maximum absolute atomic E-state index is 12.8. The Kier molecular flexibility index (Phi) is 6.60. The molecular weight excluding hydrogens is 432 g/mol. The molecule has 2 fully saturated rings. The van der Waals surface area contributed by atoms with Crippen molar-refractivity contribution in [2.75, 3.05) is 42.6 Å². The third-order valence-electron chi connectivity index (χ3n) is 4.99. The van der Waals surface area contributed by atoms with Gasteiger partial charge in [0.1, 0.15) is 0 Å². The molecule has 2 aliphatic heterocycles. The maximum atomic E-state index is 12.8. The van der Waals surface area contributed by atoms with Crippen LogP contribution in [-0.4, -0.2) is 92.1 Å². The normalized spacial score (nSPS) is 22.0. The number of anilines is 1. The number of carboxylic acid groups (broad SMARTS) is 1. The smallest absolute Gasteiger partial charge is 0.348 e. The molecule has 2 saturated heterocycles. The second kappa shape index (κ2) is 9.02. The predicted octanol–water partition coefficient (Wildman–Crippen LogP) is -0.695. The summed E-state index contributed by atoms with van der Waals surface area (Å²) in [4.78, 5) is 50.8. The van der Waals surface area contributed by atoms with Crippen LogP contribution < -0.4 is 4.90 Å². The third-order valence-corrected chi connectivity index (χ3v) is 6.60. The van der Waals surface area contributed by atoms with Crippen LogP contribution in [0.5, 0.6) is 0 Å². The molecule has 0 aromatic heterocycles. The predicted molar refractivity (Wildman–Crippen MR) is 106 cm³/mol. The largest absolute Gasteiger partial charge is 0.478 e. The number of carbonyl (C=O) groups excluding carboxylic acids is 3. The molecule has 2 heterocycles. The van der Waals surface area contributed by atoms with Crippen LogP contribution in [0.1, 0.15) is 17.3 Å². The number of morpholine rings is 1. The van der Waals surface area contributed by atoms with Gasteiger partial charge in [-0.3, -0.25) is 14.4 Å². The number of aliphatic carboxylic acids is 1. The van der Waals surface area contributed by atoms with Crippen molar-refractivity contribution in [3.05, 3.63) is 29.8 Å². The Balaban J connectivity index is 1.72. The molecule has 1 aromatic rings. The molecule has 0 unspecified atom stereocenters. The van der Waals surface area contributed by atoms with E-state index < -0.39 is 39.9 Å². The molecule has 12 heteroatoms. The highest BCUT2D eigenvalue weighted by Gasteiger charge is 2.42. The lowest BCUT2D eigenvalue weighted by molar-refractivity contribution is -0.177. The summed E-state index contributed by atoms with van der Waals surface area (Å²) in [5.74, 6) is -3.50. The summed E-state index contributed by atoms with van der Waals surface area (Å²) in [5, 5.41) is 9.29. The molecule has 1 aromatic carbocycles. The topological polar surface area (TPSA) is 148 Å². The molecule has 2 aliphatic rings. The fraction of sp³-hybridized carbons (Fsp3) is 0.474. The number of nitrogens with zero attached hydrogens (tertiary/aromatic N) is 2. The molecule has 3 rings (SSSR count). The van der Waals surface area contributed by atoms with E-state index in [2.05, 4.69) is 0 Å². The zero-order chi connectivity index (χ0) is 22.8. The fourth-order valence-corrected chi connectivity index (χ4v) is 4.58. The van der Waals surface area contributed by atoms with Gasteiger partial charge in [-0.2, -0.15) is 0 Å². The summed E-state index contributed by atoms with van der Waals surface area (Å²) < 4.78 is 33.1. The van der Waals surface area contributed by atoms with E-state index in [0.717, 1.165) is 6.92 Å². The van der Waals surface area contributed by atoms with Gasteiger partial charge in [0.25, 0.3) is 11.8 Å². The molecule has 2 atom stereocenters. The van der Waals surface area contributed by atoms with Gasteiger partial charge in [0, 0.05) is 37.8 Å². The quantitative estimate of drug-likeness (QED) is 0.571. The number of carbonyl (C=O) groups is 4. The summed E-state index contributed by atoms with van der Waals surface area (Å²) in [7, 11) is -3.11. The van der Waals surface area contributed by atoms with E-state index in [0.29, 0.717) is 11.3 Å². The minimum Gasteiger partial charge on any atom is -0.478 e. The Hall–Kier alpha value is -2.99. The van der Waals surface area contributed by atoms with Gasteiger partial charge in [-0.1, -0.05) is 0 Å². The van der Waals surface area contributed by atoms with E-state index in [1.807, 2.05) is 0 Å². The Morgan fingerprint density at radius 2 is 1.74 bits per heavy atom. The lowest BCUT2D eigenvalue weighted by Crippen LogP contribution is -2.55. The van der Waals surface area contributed by atoms with Crippen molar-refractivity contribution in [3.63, 3.8) is 0 Å². The minimum atomic E-state index is -3.11. The average molecular weight is 454 g/mol. The van der Waals surface area contributed by atoms with Crippen LogP contribution in [0.2, 0.25) is 0 Å². The van der Waals surface area contributed by atoms with Gasteiger partial charge in [0.2, 0.25) is 6.10 Å². The van der Waals surface area contributed by atoms with Gasteiger partial charge in [0.05, 0.1) is 18.1 Å². The SMILES string of the molecule is CC(=O)O[C@@H](C(=O)O)[C@H]1OCCN(c2ccc(C(=O)N3CCS(=O)(=O)CC3)cc2)C1=O. The summed E-state index contributed by atoms with van der Waals surface area (Å²) in [5.41, 5.74) is 0.756. The number of ether oxygens (including phenoxy) is 2. The van der Waals surface area contributed by atoms with E-state index in [-0.39, 0.29) is 43.7 Å². The zero-order valence-electron chi connectivity index (χ0n) is 16.7. The van der Waals surface area contributed by atoms with Gasteiger partial charge in [-0.15, -0.1) is 0 Å². The van der Waals surface area contributed by atoms with Crippen molar-refractivity contribution in [1.82, 2.24) is 4.90 Å². The van der Waals surface area contributed by atoms with Crippen molar-refractivity contribution in [2.45, 2.75) is 19.1 Å². The first-order chi connectivity index (χ1) is 14.6. The number of hydrogen-bond donors (Lipinski definition) is 1. The highest BCUT2D eigenvalue weighted by molar-refractivity contribution is 7.91. The van der Waals surface area contributed by atoms with E-state index >= 15 is 0 Å². The molecule has 1 N–H and O–H groups in total. The van der Waals surface area contributed by atoms with E-state index in [9.17, 15) is 32.7 Å². The van der Waals surface area contributed by atoms with Crippen LogP contribution in [0.3, 0.4) is 0 Å².